The minimum atomic E-state index is -4.28. The summed E-state index contributed by atoms with van der Waals surface area (Å²) in [5, 5.41) is 2.95. The van der Waals surface area contributed by atoms with Gasteiger partial charge in [-0.1, -0.05) is 85.8 Å². The lowest BCUT2D eigenvalue weighted by molar-refractivity contribution is -0.140. The maximum absolute atomic E-state index is 14.4. The molecule has 0 aliphatic rings. The van der Waals surface area contributed by atoms with Crippen LogP contribution in [-0.2, 0) is 32.6 Å². The number of sulfonamides is 1. The lowest BCUT2D eigenvalue weighted by Gasteiger charge is -2.34. The minimum absolute atomic E-state index is 0.0760. The number of hydrogen-bond donors (Lipinski definition) is 1. The molecule has 9 nitrogen and oxygen atoms in total. The third-order valence-corrected chi connectivity index (χ3v) is 9.05. The van der Waals surface area contributed by atoms with E-state index in [1.807, 2.05) is 67.6 Å². The number of hydrogen-bond acceptors (Lipinski definition) is 6. The van der Waals surface area contributed by atoms with Crippen LogP contribution in [0.4, 0.5) is 5.69 Å². The molecule has 1 atom stereocenters. The van der Waals surface area contributed by atoms with E-state index in [0.717, 1.165) is 21.9 Å². The fourth-order valence-corrected chi connectivity index (χ4v) is 6.36. The van der Waals surface area contributed by atoms with Gasteiger partial charge in [-0.05, 0) is 41.8 Å². The Kier molecular flexibility index (Phi) is 11.6. The third-order valence-electron chi connectivity index (χ3n) is 7.28. The molecule has 0 fully saturated rings. The molecule has 4 rings (SSSR count). The van der Waals surface area contributed by atoms with E-state index >= 15 is 0 Å². The number of benzene rings is 4. The molecule has 0 unspecified atom stereocenters. The number of amides is 2. The zero-order valence-electron chi connectivity index (χ0n) is 25.8. The number of para-hydroxylation sites is 1. The second-order valence-electron chi connectivity index (χ2n) is 10.4. The fraction of sp³-hybridized carbons (Fsp3) is 0.257. The van der Waals surface area contributed by atoms with Crippen molar-refractivity contribution in [3.63, 3.8) is 0 Å². The highest BCUT2D eigenvalue weighted by Gasteiger charge is 2.34. The van der Waals surface area contributed by atoms with Gasteiger partial charge in [-0.2, -0.15) is 0 Å². The molecule has 0 aliphatic carbocycles. The molecule has 0 saturated carbocycles. The van der Waals surface area contributed by atoms with E-state index in [9.17, 15) is 18.0 Å². The molecule has 0 radical (unpaired) electrons. The van der Waals surface area contributed by atoms with Crippen molar-refractivity contribution < 1.29 is 27.5 Å². The molecule has 2 amide bonds. The zero-order valence-corrected chi connectivity index (χ0v) is 26.6. The topological polar surface area (TPSA) is 105 Å². The lowest BCUT2D eigenvalue weighted by atomic mass is 10.0. The van der Waals surface area contributed by atoms with Crippen molar-refractivity contribution in [1.82, 2.24) is 10.2 Å². The van der Waals surface area contributed by atoms with Crippen LogP contribution in [0.2, 0.25) is 0 Å². The smallest absolute Gasteiger partial charge is 0.264 e. The summed E-state index contributed by atoms with van der Waals surface area (Å²) in [6.45, 7) is 1.97. The number of ether oxygens (including phenoxy) is 2. The van der Waals surface area contributed by atoms with Crippen LogP contribution < -0.4 is 19.1 Å². The van der Waals surface area contributed by atoms with Crippen LogP contribution >= 0.6 is 0 Å². The van der Waals surface area contributed by atoms with Gasteiger partial charge in [0.15, 0.2) is 11.5 Å². The Morgan fingerprint density at radius 1 is 0.778 bits per heavy atom. The largest absolute Gasteiger partial charge is 0.493 e. The normalized spacial score (nSPS) is 11.7. The molecule has 10 heteroatoms. The quantitative estimate of drug-likeness (QED) is 0.197. The van der Waals surface area contributed by atoms with Gasteiger partial charge < -0.3 is 19.7 Å². The summed E-state index contributed by atoms with van der Waals surface area (Å²) in [6, 6.07) is 30.6. The molecule has 0 spiro atoms. The molecule has 45 heavy (non-hydrogen) atoms. The summed E-state index contributed by atoms with van der Waals surface area (Å²) in [5.74, 6) is -0.230. The highest BCUT2D eigenvalue weighted by molar-refractivity contribution is 7.92. The first kappa shape index (κ1) is 33.1. The van der Waals surface area contributed by atoms with Gasteiger partial charge in [-0.25, -0.2) is 8.42 Å². The van der Waals surface area contributed by atoms with Crippen LogP contribution in [-0.4, -0.2) is 58.5 Å². The molecule has 0 saturated heterocycles. The summed E-state index contributed by atoms with van der Waals surface area (Å²) in [5.41, 5.74) is 1.98. The van der Waals surface area contributed by atoms with E-state index in [0.29, 0.717) is 18.0 Å². The first-order valence-corrected chi connectivity index (χ1v) is 16.2. The number of methoxy groups -OCH3 is 2. The summed E-state index contributed by atoms with van der Waals surface area (Å²) in [7, 11) is -1.40. The number of carbonyl (C=O) groups excluding carboxylic acids is 2. The molecule has 1 N–H and O–H groups in total. The minimum Gasteiger partial charge on any atom is -0.493 e. The van der Waals surface area contributed by atoms with Crippen molar-refractivity contribution in [3.05, 3.63) is 120 Å². The Labute approximate surface area is 265 Å². The maximum Gasteiger partial charge on any atom is 0.264 e. The van der Waals surface area contributed by atoms with Gasteiger partial charge in [0, 0.05) is 25.6 Å². The van der Waals surface area contributed by atoms with Gasteiger partial charge in [-0.3, -0.25) is 13.9 Å². The molecule has 4 aromatic carbocycles. The van der Waals surface area contributed by atoms with Crippen molar-refractivity contribution in [3.8, 4) is 11.5 Å². The first-order valence-electron chi connectivity index (χ1n) is 14.7. The van der Waals surface area contributed by atoms with Gasteiger partial charge in [0.05, 0.1) is 24.8 Å². The van der Waals surface area contributed by atoms with E-state index in [1.165, 1.54) is 37.3 Å². The van der Waals surface area contributed by atoms with Crippen molar-refractivity contribution in [2.45, 2.75) is 37.2 Å². The molecule has 0 aliphatic heterocycles. The van der Waals surface area contributed by atoms with Crippen LogP contribution in [0, 0.1) is 0 Å². The van der Waals surface area contributed by atoms with Crippen LogP contribution in [0.3, 0.4) is 0 Å². The van der Waals surface area contributed by atoms with Crippen molar-refractivity contribution in [2.24, 2.45) is 0 Å². The summed E-state index contributed by atoms with van der Waals surface area (Å²) < 4.78 is 40.2. The molecular weight excluding hydrogens is 590 g/mol. The second-order valence-corrected chi connectivity index (χ2v) is 12.2. The van der Waals surface area contributed by atoms with E-state index in [4.69, 9.17) is 9.47 Å². The predicted octanol–water partition coefficient (Wildman–Crippen LogP) is 5.07. The fourth-order valence-electron chi connectivity index (χ4n) is 4.93. The third kappa shape index (κ3) is 8.42. The molecule has 0 heterocycles. The first-order chi connectivity index (χ1) is 21.8. The van der Waals surface area contributed by atoms with Crippen LogP contribution in [0.5, 0.6) is 11.5 Å². The van der Waals surface area contributed by atoms with E-state index in [2.05, 4.69) is 5.32 Å². The van der Waals surface area contributed by atoms with Crippen LogP contribution in [0.25, 0.3) is 0 Å². The molecule has 0 bridgehead atoms. The summed E-state index contributed by atoms with van der Waals surface area (Å²) >= 11 is 0. The number of anilines is 1. The van der Waals surface area contributed by atoms with Crippen LogP contribution in [0.1, 0.15) is 24.5 Å². The Balaban J connectivity index is 1.78. The number of nitrogens with one attached hydrogen (secondary N) is 1. The summed E-state index contributed by atoms with van der Waals surface area (Å²) in [6.07, 6.45) is 0.977. The highest BCUT2D eigenvalue weighted by atomic mass is 32.2. The SMILES string of the molecule is CCCNC(=O)[C@H](Cc1ccccc1)N(Cc1ccccc1)C(=O)CN(c1ccccc1)S(=O)(=O)c1ccc(OC)c(OC)c1. The molecule has 0 aromatic heterocycles. The Morgan fingerprint density at radius 2 is 1.36 bits per heavy atom. The standard InChI is InChI=1S/C35H39N3O6S/c1-4-22-36-35(40)31(23-27-14-8-5-9-15-27)37(25-28-16-10-6-11-17-28)34(39)26-38(29-18-12-7-13-19-29)45(41,42)30-20-21-32(43-2)33(24-30)44-3/h5-21,24,31H,4,22-23,25-26H2,1-3H3,(H,36,40)/t31-/m0/s1. The van der Waals surface area contributed by atoms with Gasteiger partial charge >= 0.3 is 0 Å². The monoisotopic (exact) mass is 629 g/mol. The van der Waals surface area contributed by atoms with Crippen molar-refractivity contribution in [2.75, 3.05) is 31.6 Å². The maximum atomic E-state index is 14.4. The number of nitrogens with zero attached hydrogens (tertiary/aromatic N) is 2. The molecular formula is C35H39N3O6S. The Hall–Kier alpha value is -4.83. The van der Waals surface area contributed by atoms with E-state index < -0.39 is 28.5 Å². The van der Waals surface area contributed by atoms with Crippen molar-refractivity contribution >= 4 is 27.5 Å². The summed E-state index contributed by atoms with van der Waals surface area (Å²) in [4.78, 5) is 29.5. The average Bonchev–Trinajstić information content (AvgIpc) is 3.08. The molecule has 236 valence electrons. The number of carbonyl (C=O) groups is 2. The second kappa shape index (κ2) is 15.8. The van der Waals surface area contributed by atoms with Gasteiger partial charge in [0.25, 0.3) is 10.0 Å². The Morgan fingerprint density at radius 3 is 1.93 bits per heavy atom. The van der Waals surface area contributed by atoms with Crippen LogP contribution in [0.15, 0.2) is 114 Å². The highest BCUT2D eigenvalue weighted by Crippen LogP contribution is 2.32. The number of rotatable bonds is 15. The predicted molar refractivity (Wildman–Crippen MR) is 175 cm³/mol. The van der Waals surface area contributed by atoms with E-state index in [-0.39, 0.29) is 29.5 Å². The van der Waals surface area contributed by atoms with Gasteiger partial charge in [0.1, 0.15) is 12.6 Å². The van der Waals surface area contributed by atoms with E-state index in [1.54, 1.807) is 30.3 Å². The van der Waals surface area contributed by atoms with Gasteiger partial charge in [-0.15, -0.1) is 0 Å². The zero-order chi connectivity index (χ0) is 32.2. The Bertz CT molecular complexity index is 1650. The van der Waals surface area contributed by atoms with Crippen molar-refractivity contribution in [1.29, 1.82) is 0 Å². The molecule has 4 aromatic rings. The van der Waals surface area contributed by atoms with Gasteiger partial charge in [0.2, 0.25) is 11.8 Å². The average molecular weight is 630 g/mol. The lowest BCUT2D eigenvalue weighted by Crippen LogP contribution is -2.53.